The van der Waals surface area contributed by atoms with Crippen molar-refractivity contribution in [2.75, 3.05) is 7.11 Å². The van der Waals surface area contributed by atoms with Crippen molar-refractivity contribution in [1.29, 1.82) is 0 Å². The van der Waals surface area contributed by atoms with Gasteiger partial charge in [-0.3, -0.25) is 10.3 Å². The van der Waals surface area contributed by atoms with Gasteiger partial charge in [0.05, 0.1) is 7.11 Å². The topological polar surface area (TPSA) is 53.8 Å². The van der Waals surface area contributed by atoms with Crippen LogP contribution in [0.4, 0.5) is 0 Å². The molecule has 1 aliphatic heterocycles. The zero-order valence-electron chi connectivity index (χ0n) is 15.5. The number of ether oxygens (including phenoxy) is 1. The number of aromatic hydroxyl groups is 1. The number of nitrogens with one attached hydrogen (secondary N) is 1. The molecule has 1 heterocycles. The maximum absolute atomic E-state index is 10.4. The zero-order chi connectivity index (χ0) is 19.5. The Bertz CT molecular complexity index is 984. The van der Waals surface area contributed by atoms with Crippen LogP contribution in [0.3, 0.4) is 0 Å². The van der Waals surface area contributed by atoms with Crippen LogP contribution in [0.5, 0.6) is 11.5 Å². The number of aliphatic imine (C=N–C) groups is 1. The Morgan fingerprint density at radius 2 is 1.71 bits per heavy atom. The highest BCUT2D eigenvalue weighted by Crippen LogP contribution is 2.34. The van der Waals surface area contributed by atoms with Gasteiger partial charge in [0.15, 0.2) is 0 Å². The summed E-state index contributed by atoms with van der Waals surface area (Å²) in [5.41, 5.74) is 3.91. The van der Waals surface area contributed by atoms with Crippen LogP contribution in [0.25, 0.3) is 0 Å². The molecule has 4 nitrogen and oxygen atoms in total. The van der Waals surface area contributed by atoms with Crippen molar-refractivity contribution in [3.63, 3.8) is 0 Å². The minimum Gasteiger partial charge on any atom is -0.508 e. The van der Waals surface area contributed by atoms with Gasteiger partial charge in [-0.15, -0.1) is 0 Å². The first-order valence-corrected chi connectivity index (χ1v) is 9.52. The highest BCUT2D eigenvalue weighted by molar-refractivity contribution is 6.30. The molecule has 2 N–H and O–H groups in total. The molecule has 0 unspecified atom stereocenters. The predicted molar refractivity (Wildman–Crippen MR) is 112 cm³/mol. The number of para-hydroxylation sites is 1. The average molecular weight is 393 g/mol. The van der Waals surface area contributed by atoms with Gasteiger partial charge in [-0.25, -0.2) is 0 Å². The maximum atomic E-state index is 10.4. The fourth-order valence-electron chi connectivity index (χ4n) is 3.46. The second kappa shape index (κ2) is 8.05. The standard InChI is InChI=1S/C23H21ClN2O2/c1-28-18-12-8-15(9-13-18)20-14-21(19-4-2-3-5-22(19)27)26-23(25-20)16-6-10-17(24)11-7-16/h2-13,21,23,26-27H,14H2,1H3/t21-,23+/m1/s1. The molecule has 0 radical (unpaired) electrons. The summed E-state index contributed by atoms with van der Waals surface area (Å²) >= 11 is 6.05. The van der Waals surface area contributed by atoms with Gasteiger partial charge in [-0.2, -0.15) is 0 Å². The Morgan fingerprint density at radius 3 is 2.39 bits per heavy atom. The number of phenols is 1. The molecule has 0 bridgehead atoms. The first-order chi connectivity index (χ1) is 13.6. The molecule has 0 aromatic heterocycles. The van der Waals surface area contributed by atoms with Gasteiger partial charge < -0.3 is 9.84 Å². The summed E-state index contributed by atoms with van der Waals surface area (Å²) in [7, 11) is 1.65. The third-order valence-corrected chi connectivity index (χ3v) is 5.21. The van der Waals surface area contributed by atoms with Crippen LogP contribution < -0.4 is 10.1 Å². The monoisotopic (exact) mass is 392 g/mol. The largest absolute Gasteiger partial charge is 0.508 e. The van der Waals surface area contributed by atoms with Crippen LogP contribution in [0.1, 0.15) is 35.3 Å². The lowest BCUT2D eigenvalue weighted by atomic mass is 9.93. The summed E-state index contributed by atoms with van der Waals surface area (Å²) in [6, 6.07) is 23.0. The molecule has 0 amide bonds. The van der Waals surface area contributed by atoms with Crippen LogP contribution in [-0.4, -0.2) is 17.9 Å². The summed E-state index contributed by atoms with van der Waals surface area (Å²) in [5, 5.41) is 14.6. The van der Waals surface area contributed by atoms with Crippen molar-refractivity contribution in [3.8, 4) is 11.5 Å². The number of hydrogen-bond donors (Lipinski definition) is 2. The molecule has 0 aliphatic carbocycles. The molecule has 0 fully saturated rings. The van der Waals surface area contributed by atoms with Crippen LogP contribution >= 0.6 is 11.6 Å². The molecule has 2 atom stereocenters. The lowest BCUT2D eigenvalue weighted by molar-refractivity contribution is 0.412. The van der Waals surface area contributed by atoms with E-state index in [1.807, 2.05) is 66.7 Å². The minimum absolute atomic E-state index is 0.0588. The van der Waals surface area contributed by atoms with Gasteiger partial charge >= 0.3 is 0 Å². The minimum atomic E-state index is -0.229. The maximum Gasteiger partial charge on any atom is 0.126 e. The fraction of sp³-hybridized carbons (Fsp3) is 0.174. The Labute approximate surface area is 169 Å². The second-order valence-electron chi connectivity index (χ2n) is 6.74. The number of phenolic OH excluding ortho intramolecular Hbond substituents is 1. The van der Waals surface area contributed by atoms with E-state index in [0.717, 1.165) is 28.2 Å². The first kappa shape index (κ1) is 18.5. The van der Waals surface area contributed by atoms with Gasteiger partial charge in [0, 0.05) is 28.8 Å². The van der Waals surface area contributed by atoms with Gasteiger partial charge in [0.2, 0.25) is 0 Å². The molecule has 0 spiro atoms. The average Bonchev–Trinajstić information content (AvgIpc) is 2.74. The van der Waals surface area contributed by atoms with Gasteiger partial charge in [-0.1, -0.05) is 41.9 Å². The third kappa shape index (κ3) is 3.88. The van der Waals surface area contributed by atoms with Crippen molar-refractivity contribution in [2.45, 2.75) is 18.6 Å². The van der Waals surface area contributed by atoms with E-state index < -0.39 is 0 Å². The normalized spacial score (nSPS) is 19.1. The first-order valence-electron chi connectivity index (χ1n) is 9.14. The quantitative estimate of drug-likeness (QED) is 0.635. The van der Waals surface area contributed by atoms with E-state index in [4.69, 9.17) is 21.3 Å². The molecule has 3 aromatic rings. The van der Waals surface area contributed by atoms with Gasteiger partial charge in [-0.05, 0) is 53.6 Å². The highest BCUT2D eigenvalue weighted by atomic mass is 35.5. The van der Waals surface area contributed by atoms with E-state index in [2.05, 4.69) is 5.32 Å². The van der Waals surface area contributed by atoms with Crippen LogP contribution in [-0.2, 0) is 0 Å². The SMILES string of the molecule is COc1ccc(C2=N[C@H](c3ccc(Cl)cc3)N[C@@H](c3ccccc3O)C2)cc1. The van der Waals surface area contributed by atoms with Crippen LogP contribution in [0, 0.1) is 0 Å². The number of rotatable bonds is 4. The molecule has 142 valence electrons. The van der Waals surface area contributed by atoms with Gasteiger partial charge in [0.25, 0.3) is 0 Å². The lowest BCUT2D eigenvalue weighted by Crippen LogP contribution is -2.33. The highest BCUT2D eigenvalue weighted by Gasteiger charge is 2.27. The Kier molecular flexibility index (Phi) is 5.33. The number of nitrogens with zero attached hydrogens (tertiary/aromatic N) is 1. The number of hydrogen-bond acceptors (Lipinski definition) is 4. The van der Waals surface area contributed by atoms with Crippen molar-refractivity contribution in [1.82, 2.24) is 5.32 Å². The van der Waals surface area contributed by atoms with E-state index in [-0.39, 0.29) is 18.0 Å². The molecule has 4 rings (SSSR count). The Balaban J connectivity index is 1.73. The zero-order valence-corrected chi connectivity index (χ0v) is 16.2. The summed E-state index contributed by atoms with van der Waals surface area (Å²) in [5.74, 6) is 1.09. The fourth-order valence-corrected chi connectivity index (χ4v) is 3.59. The molecular weight excluding hydrogens is 372 g/mol. The predicted octanol–water partition coefficient (Wildman–Crippen LogP) is 5.28. The van der Waals surface area contributed by atoms with E-state index in [9.17, 15) is 5.11 Å². The summed E-state index contributed by atoms with van der Waals surface area (Å²) in [4.78, 5) is 4.95. The molecule has 0 saturated carbocycles. The van der Waals surface area contributed by atoms with Crippen molar-refractivity contribution < 1.29 is 9.84 Å². The second-order valence-corrected chi connectivity index (χ2v) is 7.18. The number of methoxy groups -OCH3 is 1. The van der Waals surface area contributed by atoms with Crippen molar-refractivity contribution in [3.05, 3.63) is 94.5 Å². The van der Waals surface area contributed by atoms with E-state index >= 15 is 0 Å². The number of benzene rings is 3. The Hall–Kier alpha value is -2.82. The van der Waals surface area contributed by atoms with E-state index in [1.165, 1.54) is 0 Å². The van der Waals surface area contributed by atoms with Crippen molar-refractivity contribution >= 4 is 17.3 Å². The Morgan fingerprint density at radius 1 is 1.00 bits per heavy atom. The van der Waals surface area contributed by atoms with Crippen LogP contribution in [0.15, 0.2) is 77.8 Å². The van der Waals surface area contributed by atoms with Crippen molar-refractivity contribution in [2.24, 2.45) is 4.99 Å². The molecule has 3 aromatic carbocycles. The van der Waals surface area contributed by atoms with E-state index in [1.54, 1.807) is 13.2 Å². The molecule has 5 heteroatoms. The van der Waals surface area contributed by atoms with Gasteiger partial charge in [0.1, 0.15) is 17.7 Å². The summed E-state index contributed by atoms with van der Waals surface area (Å²) in [6.07, 6.45) is 0.446. The lowest BCUT2D eigenvalue weighted by Gasteiger charge is -2.31. The molecule has 28 heavy (non-hydrogen) atoms. The summed E-state index contributed by atoms with van der Waals surface area (Å²) < 4.78 is 5.27. The third-order valence-electron chi connectivity index (χ3n) is 4.96. The smallest absolute Gasteiger partial charge is 0.126 e. The summed E-state index contributed by atoms with van der Waals surface area (Å²) in [6.45, 7) is 0. The van der Waals surface area contributed by atoms with Crippen LogP contribution in [0.2, 0.25) is 5.02 Å². The molecule has 1 aliphatic rings. The molecule has 0 saturated heterocycles. The molecular formula is C23H21ClN2O2. The van der Waals surface area contributed by atoms with E-state index in [0.29, 0.717) is 11.4 Å². The number of halogens is 1.